The van der Waals surface area contributed by atoms with E-state index in [4.69, 9.17) is 4.42 Å². The summed E-state index contributed by atoms with van der Waals surface area (Å²) in [5.41, 5.74) is 2.48. The molecule has 0 fully saturated rings. The number of furan rings is 1. The summed E-state index contributed by atoms with van der Waals surface area (Å²) in [6, 6.07) is 15.5. The molecule has 5 nitrogen and oxygen atoms in total. The van der Waals surface area contributed by atoms with Crippen LogP contribution < -0.4 is 0 Å². The Morgan fingerprint density at radius 3 is 2.42 bits per heavy atom. The van der Waals surface area contributed by atoms with Gasteiger partial charge in [0.25, 0.3) is 0 Å². The minimum Gasteiger partial charge on any atom is -0.453 e. The summed E-state index contributed by atoms with van der Waals surface area (Å²) in [5.74, 6) is 0.510. The smallest absolute Gasteiger partial charge is 0.203 e. The van der Waals surface area contributed by atoms with Crippen molar-refractivity contribution >= 4 is 33.4 Å². The fourth-order valence-electron chi connectivity index (χ4n) is 3.94. The van der Waals surface area contributed by atoms with E-state index in [-0.39, 0.29) is 11.6 Å². The van der Waals surface area contributed by atoms with Crippen LogP contribution in [-0.2, 0) is 17.6 Å². The van der Waals surface area contributed by atoms with Crippen LogP contribution >= 0.6 is 0 Å². The summed E-state index contributed by atoms with van der Waals surface area (Å²) in [7, 11) is 0. The van der Waals surface area contributed by atoms with Gasteiger partial charge in [-0.25, -0.2) is 0 Å². The Labute approximate surface area is 181 Å². The van der Waals surface area contributed by atoms with Crippen LogP contribution in [0.3, 0.4) is 0 Å². The molecule has 31 heavy (non-hydrogen) atoms. The Morgan fingerprint density at radius 2 is 1.71 bits per heavy atom. The van der Waals surface area contributed by atoms with Gasteiger partial charge >= 0.3 is 0 Å². The van der Waals surface area contributed by atoms with Crippen LogP contribution in [0.25, 0.3) is 21.9 Å². The van der Waals surface area contributed by atoms with Crippen LogP contribution in [0.5, 0.6) is 0 Å². The molecule has 4 rings (SSSR count). The zero-order chi connectivity index (χ0) is 22.4. The number of nitrogens with zero attached hydrogens (tertiary/aromatic N) is 1. The van der Waals surface area contributed by atoms with Gasteiger partial charge in [-0.1, -0.05) is 58.0 Å². The number of hydrogen-bond donors (Lipinski definition) is 1. The van der Waals surface area contributed by atoms with E-state index in [1.165, 1.54) is 0 Å². The van der Waals surface area contributed by atoms with Gasteiger partial charge in [0.15, 0.2) is 5.76 Å². The van der Waals surface area contributed by atoms with Crippen molar-refractivity contribution < 1.29 is 14.0 Å². The molecule has 0 spiro atoms. The average Bonchev–Trinajstić information content (AvgIpc) is 3.30. The largest absolute Gasteiger partial charge is 0.453 e. The van der Waals surface area contributed by atoms with Crippen molar-refractivity contribution in [3.05, 3.63) is 65.5 Å². The van der Waals surface area contributed by atoms with E-state index in [1.54, 1.807) is 6.92 Å². The molecule has 0 amide bonds. The number of H-pyrrole nitrogens is 1. The first-order valence-corrected chi connectivity index (χ1v) is 10.6. The standard InChI is InChI=1S/C26H28N2O3/c1-16(29)25(2,3)14-17-10-11-19-20(12-17)27-28-21(19)15-26(4,5)24(30)23-13-18-8-6-7-9-22(18)31-23/h6-13H,14-15H2,1-5H3,(H,27,28). The number of para-hydroxylation sites is 1. The van der Waals surface area contributed by atoms with Crippen LogP contribution in [0.2, 0.25) is 0 Å². The van der Waals surface area contributed by atoms with Gasteiger partial charge in [-0.05, 0) is 37.1 Å². The Balaban J connectivity index is 1.58. The number of hydrogen-bond acceptors (Lipinski definition) is 4. The number of rotatable bonds is 7. The molecule has 5 heteroatoms. The normalized spacial score (nSPS) is 12.5. The van der Waals surface area contributed by atoms with Crippen LogP contribution in [0, 0.1) is 10.8 Å². The summed E-state index contributed by atoms with van der Waals surface area (Å²) in [6.07, 6.45) is 1.17. The molecule has 4 aromatic rings. The predicted molar refractivity (Wildman–Crippen MR) is 122 cm³/mol. The molecule has 0 aliphatic rings. The molecule has 0 aliphatic heterocycles. The summed E-state index contributed by atoms with van der Waals surface area (Å²) in [6.45, 7) is 9.41. The SMILES string of the molecule is CC(=O)C(C)(C)Cc1ccc2c(CC(C)(C)C(=O)c3cc4ccccc4o3)[nH]nc2c1. The highest BCUT2D eigenvalue weighted by Gasteiger charge is 2.33. The average molecular weight is 417 g/mol. The van der Waals surface area contributed by atoms with Crippen molar-refractivity contribution in [2.24, 2.45) is 10.8 Å². The monoisotopic (exact) mass is 416 g/mol. The van der Waals surface area contributed by atoms with Crippen LogP contribution in [0.1, 0.15) is 56.4 Å². The topological polar surface area (TPSA) is 76.0 Å². The number of aromatic nitrogens is 2. The molecule has 0 atom stereocenters. The minimum absolute atomic E-state index is 0.0359. The quantitative estimate of drug-likeness (QED) is 0.380. The zero-order valence-corrected chi connectivity index (χ0v) is 18.7. The maximum absolute atomic E-state index is 13.2. The Kier molecular flexibility index (Phi) is 5.08. The number of carbonyl (C=O) groups is 2. The highest BCUT2D eigenvalue weighted by molar-refractivity contribution is 6.01. The third-order valence-corrected chi connectivity index (χ3v) is 6.18. The van der Waals surface area contributed by atoms with E-state index >= 15 is 0 Å². The molecule has 0 unspecified atom stereocenters. The molecule has 0 bridgehead atoms. The second-order valence-corrected chi connectivity index (χ2v) is 9.71. The summed E-state index contributed by atoms with van der Waals surface area (Å²) < 4.78 is 5.80. The summed E-state index contributed by atoms with van der Waals surface area (Å²) in [4.78, 5) is 25.1. The van der Waals surface area contributed by atoms with Gasteiger partial charge in [0.05, 0.1) is 5.52 Å². The van der Waals surface area contributed by atoms with Crippen LogP contribution in [0.15, 0.2) is 52.9 Å². The summed E-state index contributed by atoms with van der Waals surface area (Å²) >= 11 is 0. The second kappa shape index (κ2) is 7.49. The molecule has 2 aromatic heterocycles. The van der Waals surface area contributed by atoms with Gasteiger partial charge in [0.1, 0.15) is 11.4 Å². The van der Waals surface area contributed by atoms with Crippen LogP contribution in [-0.4, -0.2) is 21.8 Å². The fraction of sp³-hybridized carbons (Fsp3) is 0.346. The molecule has 0 saturated heterocycles. The second-order valence-electron chi connectivity index (χ2n) is 9.71. The van der Waals surface area contributed by atoms with Crippen molar-refractivity contribution in [3.63, 3.8) is 0 Å². The Bertz CT molecular complexity index is 1260. The number of carbonyl (C=O) groups excluding carboxylic acids is 2. The first kappa shape index (κ1) is 21.0. The van der Waals surface area contributed by atoms with Crippen molar-refractivity contribution in [3.8, 4) is 0 Å². The molecule has 0 radical (unpaired) electrons. The maximum atomic E-state index is 13.2. The molecule has 0 saturated carbocycles. The highest BCUT2D eigenvalue weighted by Crippen LogP contribution is 2.32. The van der Waals surface area contributed by atoms with Gasteiger partial charge in [0.2, 0.25) is 5.78 Å². The van der Waals surface area contributed by atoms with Crippen molar-refractivity contribution in [2.45, 2.75) is 47.5 Å². The van der Waals surface area contributed by atoms with Crippen molar-refractivity contribution in [1.82, 2.24) is 10.2 Å². The zero-order valence-electron chi connectivity index (χ0n) is 18.7. The number of ketones is 2. The molecular weight excluding hydrogens is 388 g/mol. The number of Topliss-reactive ketones (excluding diaryl/α,β-unsaturated/α-hetero) is 2. The van der Waals surface area contributed by atoms with Gasteiger partial charge in [-0.15, -0.1) is 0 Å². The van der Waals surface area contributed by atoms with E-state index in [1.807, 2.05) is 76.2 Å². The third-order valence-electron chi connectivity index (χ3n) is 6.18. The van der Waals surface area contributed by atoms with Crippen LogP contribution in [0.4, 0.5) is 0 Å². The Morgan fingerprint density at radius 1 is 0.968 bits per heavy atom. The lowest BCUT2D eigenvalue weighted by Crippen LogP contribution is -2.27. The molecular formula is C26H28N2O3. The van der Waals surface area contributed by atoms with Crippen molar-refractivity contribution in [2.75, 3.05) is 0 Å². The number of fused-ring (bicyclic) bond motifs is 2. The molecule has 160 valence electrons. The molecule has 0 aliphatic carbocycles. The highest BCUT2D eigenvalue weighted by atomic mass is 16.3. The molecule has 2 aromatic carbocycles. The molecule has 1 N–H and O–H groups in total. The van der Waals surface area contributed by atoms with E-state index in [9.17, 15) is 9.59 Å². The lowest BCUT2D eigenvalue weighted by Gasteiger charge is -2.21. The van der Waals surface area contributed by atoms with E-state index in [0.717, 1.165) is 33.1 Å². The van der Waals surface area contributed by atoms with E-state index in [2.05, 4.69) is 10.2 Å². The first-order valence-electron chi connectivity index (χ1n) is 10.6. The number of aromatic amines is 1. The van der Waals surface area contributed by atoms with E-state index < -0.39 is 10.8 Å². The van der Waals surface area contributed by atoms with Gasteiger partial charge < -0.3 is 4.42 Å². The minimum atomic E-state index is -0.664. The Hall–Kier alpha value is -3.21. The van der Waals surface area contributed by atoms with Crippen molar-refractivity contribution in [1.29, 1.82) is 0 Å². The van der Waals surface area contributed by atoms with E-state index in [0.29, 0.717) is 18.6 Å². The number of benzene rings is 2. The lowest BCUT2D eigenvalue weighted by molar-refractivity contribution is -0.124. The lowest BCUT2D eigenvalue weighted by atomic mass is 9.81. The maximum Gasteiger partial charge on any atom is 0.203 e. The van der Waals surface area contributed by atoms with Gasteiger partial charge in [-0.3, -0.25) is 14.7 Å². The third kappa shape index (κ3) is 4.05. The molecule has 2 heterocycles. The number of nitrogens with one attached hydrogen (secondary N) is 1. The summed E-state index contributed by atoms with van der Waals surface area (Å²) in [5, 5.41) is 9.50. The first-order chi connectivity index (χ1) is 14.6. The van der Waals surface area contributed by atoms with Gasteiger partial charge in [0, 0.05) is 33.7 Å². The van der Waals surface area contributed by atoms with Gasteiger partial charge in [-0.2, -0.15) is 5.10 Å². The fourth-order valence-corrected chi connectivity index (χ4v) is 3.94. The predicted octanol–water partition coefficient (Wildman–Crippen LogP) is 5.92.